The van der Waals surface area contributed by atoms with Crippen molar-refractivity contribution in [3.63, 3.8) is 0 Å². The summed E-state index contributed by atoms with van der Waals surface area (Å²) in [7, 11) is 0. The van der Waals surface area contributed by atoms with Gasteiger partial charge >= 0.3 is 0 Å². The first-order valence-electron chi connectivity index (χ1n) is 20.3. The van der Waals surface area contributed by atoms with E-state index in [4.69, 9.17) is 0 Å². The molecule has 61 heavy (non-hydrogen) atoms. The van der Waals surface area contributed by atoms with Gasteiger partial charge in [0.2, 0.25) is 0 Å². The Kier molecular flexibility index (Phi) is 8.28. The van der Waals surface area contributed by atoms with Crippen molar-refractivity contribution in [2.75, 3.05) is 0 Å². The van der Waals surface area contributed by atoms with E-state index < -0.39 is 0 Å². The molecule has 0 radical (unpaired) electrons. The predicted molar refractivity (Wildman–Crippen MR) is 273 cm³/mol. The predicted octanol–water partition coefficient (Wildman–Crippen LogP) is 18.9. The number of benzene rings is 8. The highest BCUT2D eigenvalue weighted by atomic mass is 32.1. The van der Waals surface area contributed by atoms with Gasteiger partial charge in [0.05, 0.1) is 0 Å². The molecule has 0 saturated heterocycles. The van der Waals surface area contributed by atoms with Gasteiger partial charge in [-0.1, -0.05) is 133 Å². The molecule has 5 aromatic heterocycles. The number of hydrogen-bond acceptors (Lipinski definition) is 5. The van der Waals surface area contributed by atoms with Crippen LogP contribution in [0.15, 0.2) is 193 Å². The van der Waals surface area contributed by atoms with E-state index in [-0.39, 0.29) is 0 Å². The highest BCUT2D eigenvalue weighted by Gasteiger charge is 2.15. The van der Waals surface area contributed by atoms with E-state index in [0.717, 1.165) is 0 Å². The molecule has 0 unspecified atom stereocenters. The Balaban J connectivity index is 0.750. The smallest absolute Gasteiger partial charge is 0.0369 e. The third kappa shape index (κ3) is 6.11. The molecule has 0 aliphatic heterocycles. The average Bonchev–Trinajstić information content (AvgIpc) is 4.17. The number of rotatable bonds is 6. The minimum atomic E-state index is 1.24. The number of fused-ring (bicyclic) bond motifs is 7. The van der Waals surface area contributed by atoms with Crippen LogP contribution in [0.4, 0.5) is 0 Å². The van der Waals surface area contributed by atoms with Crippen molar-refractivity contribution in [2.24, 2.45) is 0 Å². The summed E-state index contributed by atoms with van der Waals surface area (Å²) in [5.74, 6) is 0. The summed E-state index contributed by atoms with van der Waals surface area (Å²) in [6.07, 6.45) is 0. The van der Waals surface area contributed by atoms with Crippen molar-refractivity contribution in [1.29, 1.82) is 0 Å². The lowest BCUT2D eigenvalue weighted by Crippen LogP contribution is -1.80. The van der Waals surface area contributed by atoms with Gasteiger partial charge in [0, 0.05) is 70.6 Å². The fraction of sp³-hybridized carbons (Fsp3) is 0. The molecule has 13 rings (SSSR count). The quantitative estimate of drug-likeness (QED) is 0.156. The van der Waals surface area contributed by atoms with E-state index in [1.54, 1.807) is 0 Å². The molecule has 0 bridgehead atoms. The fourth-order valence-corrected chi connectivity index (χ4v) is 14.3. The van der Waals surface area contributed by atoms with E-state index in [1.165, 1.54) is 126 Å². The molecule has 0 aliphatic carbocycles. The Morgan fingerprint density at radius 1 is 0.246 bits per heavy atom. The first-order valence-corrected chi connectivity index (χ1v) is 24.5. The van der Waals surface area contributed by atoms with Crippen molar-refractivity contribution in [3.05, 3.63) is 193 Å². The van der Waals surface area contributed by atoms with E-state index in [9.17, 15) is 0 Å². The Morgan fingerprint density at radius 3 is 1.02 bits per heavy atom. The van der Waals surface area contributed by atoms with Crippen LogP contribution in [0.2, 0.25) is 0 Å². The molecular weight excluding hydrogens is 833 g/mol. The van der Waals surface area contributed by atoms with Crippen LogP contribution < -0.4 is 0 Å². The molecule has 0 fully saturated rings. The SMILES string of the molecule is c1ccc2c(-c3ccc(-c4ccc(-c5cc6cc7c(cc6s5)sc5cc6sc(-c8ccc(-c9ccc(-c%10csc%11ccccc%10%11)cc9)cc8)cc6cc57)cc4)cc3)csc2c1. The van der Waals surface area contributed by atoms with Gasteiger partial charge < -0.3 is 0 Å². The molecule has 0 N–H and O–H groups in total. The maximum absolute atomic E-state index is 2.42. The van der Waals surface area contributed by atoms with Gasteiger partial charge in [-0.15, -0.1) is 56.7 Å². The van der Waals surface area contributed by atoms with Gasteiger partial charge in [0.15, 0.2) is 0 Å². The van der Waals surface area contributed by atoms with Gasteiger partial charge in [-0.3, -0.25) is 0 Å². The Bertz CT molecular complexity index is 3520. The zero-order valence-corrected chi connectivity index (χ0v) is 36.6. The van der Waals surface area contributed by atoms with E-state index in [1.807, 2.05) is 56.7 Å². The van der Waals surface area contributed by atoms with E-state index in [0.29, 0.717) is 0 Å². The van der Waals surface area contributed by atoms with E-state index >= 15 is 0 Å². The molecule has 0 nitrogen and oxygen atoms in total. The highest BCUT2D eigenvalue weighted by Crippen LogP contribution is 2.45. The topological polar surface area (TPSA) is 0 Å². The second-order valence-corrected chi connectivity index (χ2v) is 20.8. The lowest BCUT2D eigenvalue weighted by Gasteiger charge is -2.06. The number of thiophene rings is 5. The minimum Gasteiger partial charge on any atom is -0.143 e. The van der Waals surface area contributed by atoms with Crippen LogP contribution in [-0.4, -0.2) is 0 Å². The molecule has 0 atom stereocenters. The molecule has 0 aliphatic rings. The van der Waals surface area contributed by atoms with Crippen molar-refractivity contribution in [2.45, 2.75) is 0 Å². The normalized spacial score (nSPS) is 11.9. The summed E-state index contributed by atoms with van der Waals surface area (Å²) < 4.78 is 8.07. The second-order valence-electron chi connectivity index (χ2n) is 15.7. The zero-order valence-electron chi connectivity index (χ0n) is 32.5. The third-order valence-electron chi connectivity index (χ3n) is 12.1. The number of hydrogen-bond donors (Lipinski definition) is 0. The van der Waals surface area contributed by atoms with Crippen molar-refractivity contribution in [1.82, 2.24) is 0 Å². The molecule has 0 saturated carbocycles. The standard InChI is InChI=1S/C56H32S5/c1-3-7-49-43(5-1)47(31-57-49)37-17-9-33(10-18-37)35-13-21-39(22-14-35)51-27-41-25-45-46-26-42-28-52(60-54(42)30-56(46)61-55(45)29-53(41)59-51)40-23-15-36(16-24-40)34-11-19-38(20-12-34)48-32-58-50-8-4-2-6-44(48)50/h1-32H. The highest BCUT2D eigenvalue weighted by molar-refractivity contribution is 7.27. The van der Waals surface area contributed by atoms with Crippen molar-refractivity contribution >= 4 is 117 Å². The molecule has 286 valence electrons. The minimum absolute atomic E-state index is 1.24. The van der Waals surface area contributed by atoms with Crippen LogP contribution in [0.25, 0.3) is 126 Å². The van der Waals surface area contributed by atoms with E-state index in [2.05, 4.69) is 193 Å². The summed E-state index contributed by atoms with van der Waals surface area (Å²) in [5, 5.41) is 12.5. The largest absolute Gasteiger partial charge is 0.143 e. The van der Waals surface area contributed by atoms with Gasteiger partial charge in [0.25, 0.3) is 0 Å². The maximum atomic E-state index is 2.42. The van der Waals surface area contributed by atoms with Gasteiger partial charge in [0.1, 0.15) is 0 Å². The lowest BCUT2D eigenvalue weighted by molar-refractivity contribution is 1.61. The maximum Gasteiger partial charge on any atom is 0.0369 e. The van der Waals surface area contributed by atoms with Gasteiger partial charge in [-0.25, -0.2) is 0 Å². The molecule has 5 heteroatoms. The lowest BCUT2D eigenvalue weighted by atomic mass is 9.99. The molecule has 5 heterocycles. The molecule has 8 aromatic carbocycles. The van der Waals surface area contributed by atoms with Gasteiger partial charge in [-0.2, -0.15) is 0 Å². The van der Waals surface area contributed by atoms with Crippen molar-refractivity contribution < 1.29 is 0 Å². The van der Waals surface area contributed by atoms with Crippen LogP contribution in [0.3, 0.4) is 0 Å². The van der Waals surface area contributed by atoms with Crippen LogP contribution in [0.5, 0.6) is 0 Å². The molecule has 0 amide bonds. The first-order chi connectivity index (χ1) is 30.1. The molecule has 13 aromatic rings. The summed E-state index contributed by atoms with van der Waals surface area (Å²) in [4.78, 5) is 2.62. The summed E-state index contributed by atoms with van der Waals surface area (Å²) in [6, 6.07) is 68.0. The third-order valence-corrected chi connectivity index (χ3v) is 17.4. The Labute approximate surface area is 372 Å². The van der Waals surface area contributed by atoms with Crippen LogP contribution in [0.1, 0.15) is 0 Å². The Morgan fingerprint density at radius 2 is 0.607 bits per heavy atom. The monoisotopic (exact) mass is 864 g/mol. The van der Waals surface area contributed by atoms with Crippen molar-refractivity contribution in [3.8, 4) is 65.4 Å². The molecular formula is C56H32S5. The first kappa shape index (κ1) is 35.6. The Hall–Kier alpha value is -6.18. The molecule has 0 spiro atoms. The van der Waals surface area contributed by atoms with Gasteiger partial charge in [-0.05, 0) is 115 Å². The summed E-state index contributed by atoms with van der Waals surface area (Å²) >= 11 is 9.33. The summed E-state index contributed by atoms with van der Waals surface area (Å²) in [6.45, 7) is 0. The fourth-order valence-electron chi connectivity index (χ4n) is 8.87. The summed E-state index contributed by atoms with van der Waals surface area (Å²) in [5.41, 5.74) is 12.6. The average molecular weight is 865 g/mol. The van der Waals surface area contributed by atoms with Crippen LogP contribution >= 0.6 is 56.7 Å². The second kappa shape index (κ2) is 14.2. The zero-order chi connectivity index (χ0) is 40.0. The van der Waals surface area contributed by atoms with Crippen LogP contribution in [0, 0.1) is 0 Å². The van der Waals surface area contributed by atoms with Crippen LogP contribution in [-0.2, 0) is 0 Å².